The third-order valence-corrected chi connectivity index (χ3v) is 10.5. The summed E-state index contributed by atoms with van der Waals surface area (Å²) < 4.78 is 0. The Bertz CT molecular complexity index is 1020. The Kier molecular flexibility index (Phi) is 6.51. The van der Waals surface area contributed by atoms with Crippen LogP contribution in [0.5, 0.6) is 0 Å². The van der Waals surface area contributed by atoms with Gasteiger partial charge in [0.25, 0.3) is 0 Å². The zero-order chi connectivity index (χ0) is 24.8. The average molecular weight is 503 g/mol. The minimum Gasteiger partial charge on any atom is -0.316 e. The molecule has 2 aliphatic carbocycles. The third-order valence-electron chi connectivity index (χ3n) is 10.5. The van der Waals surface area contributed by atoms with Gasteiger partial charge in [0.05, 0.1) is 11.8 Å². The number of nitrogens with zero attached hydrogens (tertiary/aromatic N) is 6. The van der Waals surface area contributed by atoms with Gasteiger partial charge in [0.1, 0.15) is 6.54 Å². The molecule has 198 valence electrons. The molecule has 1 aromatic rings. The molecule has 7 rings (SSSR count). The Hall–Kier alpha value is -2.28. The van der Waals surface area contributed by atoms with Crippen molar-refractivity contribution < 1.29 is 4.79 Å². The number of para-hydroxylation sites is 1. The molecule has 5 unspecified atom stereocenters. The van der Waals surface area contributed by atoms with Crippen LogP contribution in [-0.2, 0) is 0 Å². The van der Waals surface area contributed by atoms with E-state index in [2.05, 4.69) is 60.5 Å². The fraction of sp³-hybridized carbons (Fsp3) is 0.733. The van der Waals surface area contributed by atoms with Crippen LogP contribution in [0.15, 0.2) is 45.8 Å². The molecule has 0 aromatic heterocycles. The van der Waals surface area contributed by atoms with Crippen molar-refractivity contribution in [2.75, 3.05) is 18.0 Å². The molecule has 37 heavy (non-hydrogen) atoms. The fourth-order valence-corrected chi connectivity index (χ4v) is 9.08. The molecule has 0 radical (unpaired) electrons. The number of benzene rings is 1. The molecule has 4 heterocycles. The molecule has 5 fully saturated rings. The average Bonchev–Trinajstić information content (AvgIpc) is 3.61. The van der Waals surface area contributed by atoms with E-state index in [4.69, 9.17) is 0 Å². The first-order valence-corrected chi connectivity index (χ1v) is 15.1. The van der Waals surface area contributed by atoms with Crippen LogP contribution in [0.4, 0.5) is 10.5 Å². The number of hydrogen-bond donors (Lipinski definition) is 0. The van der Waals surface area contributed by atoms with E-state index in [0.717, 1.165) is 61.5 Å². The van der Waals surface area contributed by atoms with E-state index in [0.29, 0.717) is 18.6 Å². The van der Waals surface area contributed by atoms with Crippen LogP contribution in [0.3, 0.4) is 0 Å². The van der Waals surface area contributed by atoms with E-state index in [9.17, 15) is 4.79 Å². The van der Waals surface area contributed by atoms with E-state index in [1.165, 1.54) is 57.8 Å². The predicted octanol–water partition coefficient (Wildman–Crippen LogP) is 6.25. The van der Waals surface area contributed by atoms with Crippen molar-refractivity contribution in [3.63, 3.8) is 0 Å². The number of urea groups is 1. The number of rotatable bonds is 4. The second-order valence-electron chi connectivity index (χ2n) is 12.7. The minimum absolute atomic E-state index is 0.0370. The highest BCUT2D eigenvalue weighted by molar-refractivity contribution is 5.99. The molecule has 4 aliphatic heterocycles. The maximum atomic E-state index is 14.4. The van der Waals surface area contributed by atoms with Crippen LogP contribution in [0, 0.1) is 11.8 Å². The van der Waals surface area contributed by atoms with Crippen molar-refractivity contribution in [3.8, 4) is 0 Å². The number of fused-ring (bicyclic) bond motifs is 4. The summed E-state index contributed by atoms with van der Waals surface area (Å²) in [5.41, 5.74) is 2.00. The summed E-state index contributed by atoms with van der Waals surface area (Å²) >= 11 is 0. The number of anilines is 1. The molecule has 1 aromatic carbocycles. The van der Waals surface area contributed by atoms with E-state index < -0.39 is 0 Å². The molecule has 6 aliphatic rings. The maximum Gasteiger partial charge on any atom is 0.325 e. The highest BCUT2D eigenvalue weighted by atomic mass is 16.2. The van der Waals surface area contributed by atoms with Crippen molar-refractivity contribution in [2.24, 2.45) is 27.3 Å². The molecule has 7 heteroatoms. The summed E-state index contributed by atoms with van der Waals surface area (Å²) in [5.74, 6) is 1.92. The van der Waals surface area contributed by atoms with Gasteiger partial charge in [-0.25, -0.2) is 4.79 Å². The summed E-state index contributed by atoms with van der Waals surface area (Å²) in [4.78, 5) is 21.6. The van der Waals surface area contributed by atoms with Gasteiger partial charge in [-0.15, -0.1) is 5.10 Å². The molecular weight excluding hydrogens is 460 g/mol. The van der Waals surface area contributed by atoms with E-state index in [-0.39, 0.29) is 18.1 Å². The highest BCUT2D eigenvalue weighted by Crippen LogP contribution is 2.46. The van der Waals surface area contributed by atoms with E-state index in [1.807, 2.05) is 0 Å². The first kappa shape index (κ1) is 23.8. The van der Waals surface area contributed by atoms with Crippen LogP contribution in [0.25, 0.3) is 0 Å². The van der Waals surface area contributed by atoms with Crippen molar-refractivity contribution in [2.45, 2.75) is 114 Å². The summed E-state index contributed by atoms with van der Waals surface area (Å²) in [7, 11) is 0. The number of carbonyl (C=O) groups excluding carboxylic acids is 1. The first-order chi connectivity index (χ1) is 18.2. The number of carbonyl (C=O) groups is 1. The second kappa shape index (κ2) is 10.1. The molecule has 7 nitrogen and oxygen atoms in total. The van der Waals surface area contributed by atoms with Crippen LogP contribution >= 0.6 is 0 Å². The minimum atomic E-state index is 0.0370. The van der Waals surface area contributed by atoms with Crippen molar-refractivity contribution in [3.05, 3.63) is 30.3 Å². The topological polar surface area (TPSA) is 63.9 Å². The zero-order valence-electron chi connectivity index (χ0n) is 22.1. The Morgan fingerprint density at radius 3 is 2.24 bits per heavy atom. The molecule has 3 saturated heterocycles. The lowest BCUT2D eigenvalue weighted by Gasteiger charge is -2.56. The molecule has 0 N–H and O–H groups in total. The lowest BCUT2D eigenvalue weighted by Crippen LogP contribution is -2.63. The summed E-state index contributed by atoms with van der Waals surface area (Å²) in [6, 6.07) is 12.9. The molecular formula is C30H42N6O. The van der Waals surface area contributed by atoms with Crippen LogP contribution < -0.4 is 4.90 Å². The fourth-order valence-electron chi connectivity index (χ4n) is 9.08. The molecule has 4 bridgehead atoms. The molecule has 2 amide bonds. The largest absolute Gasteiger partial charge is 0.325 e. The molecule has 2 saturated carbocycles. The Morgan fingerprint density at radius 1 is 0.811 bits per heavy atom. The summed E-state index contributed by atoms with van der Waals surface area (Å²) in [5, 5.41) is 12.2. The second-order valence-corrected chi connectivity index (χ2v) is 12.7. The normalized spacial score (nSPS) is 37.5. The van der Waals surface area contributed by atoms with Gasteiger partial charge >= 0.3 is 6.03 Å². The van der Waals surface area contributed by atoms with E-state index in [1.54, 1.807) is 0 Å². The lowest BCUT2D eigenvalue weighted by molar-refractivity contribution is -0.0404. The molecule has 0 spiro atoms. The Morgan fingerprint density at radius 2 is 1.54 bits per heavy atom. The summed E-state index contributed by atoms with van der Waals surface area (Å²) in [6.07, 6.45) is 16.8. The van der Waals surface area contributed by atoms with Crippen LogP contribution in [0.2, 0.25) is 0 Å². The number of likely N-dealkylation sites (tertiary alicyclic amines) is 1. The predicted molar refractivity (Wildman–Crippen MR) is 146 cm³/mol. The van der Waals surface area contributed by atoms with Crippen molar-refractivity contribution in [1.82, 2.24) is 9.80 Å². The van der Waals surface area contributed by atoms with Gasteiger partial charge in [-0.3, -0.25) is 9.80 Å². The lowest BCUT2D eigenvalue weighted by atomic mass is 9.68. The van der Waals surface area contributed by atoms with Crippen molar-refractivity contribution >= 4 is 17.4 Å². The van der Waals surface area contributed by atoms with Crippen LogP contribution in [0.1, 0.15) is 83.5 Å². The number of piperidine rings is 2. The van der Waals surface area contributed by atoms with Gasteiger partial charge < -0.3 is 4.90 Å². The van der Waals surface area contributed by atoms with Gasteiger partial charge in [-0.1, -0.05) is 43.9 Å². The Balaban J connectivity index is 1.14. The summed E-state index contributed by atoms with van der Waals surface area (Å²) in [6.45, 7) is 1.33. The monoisotopic (exact) mass is 502 g/mol. The van der Waals surface area contributed by atoms with E-state index >= 15 is 0 Å². The maximum absolute atomic E-state index is 14.4. The van der Waals surface area contributed by atoms with Gasteiger partial charge in [0.15, 0.2) is 0 Å². The zero-order valence-corrected chi connectivity index (χ0v) is 22.1. The quantitative estimate of drug-likeness (QED) is 0.488. The number of hydrogen-bond acceptors (Lipinski definition) is 5. The van der Waals surface area contributed by atoms with Gasteiger partial charge in [0.2, 0.25) is 0 Å². The molecule has 5 atom stereocenters. The van der Waals surface area contributed by atoms with Gasteiger partial charge in [-0.2, -0.15) is 5.11 Å². The Labute approximate surface area is 221 Å². The highest BCUT2D eigenvalue weighted by Gasteiger charge is 2.47. The van der Waals surface area contributed by atoms with Crippen LogP contribution in [-0.4, -0.2) is 64.8 Å². The third kappa shape index (κ3) is 4.51. The SMILES string of the molecule is O=C(N1CCCC1C1=NN=NC1)N(c1ccccc1)C1CC2CCCC(C1)N2C1CC2CCCC(C2)C1. The number of amides is 2. The first-order valence-electron chi connectivity index (χ1n) is 15.1. The smallest absolute Gasteiger partial charge is 0.316 e. The van der Waals surface area contributed by atoms with Crippen molar-refractivity contribution in [1.29, 1.82) is 0 Å². The standard InChI is InChI=1S/C30H42N6O/c37-30(34-14-6-13-29(34)28-20-31-33-32-28)36(23-9-2-1-3-10-23)27-18-24-11-5-12-25(19-27)35(24)26-16-21-7-4-8-22(15-21)17-26/h1-3,9-10,21-22,24-27,29H,4-8,11-20H2. The van der Waals surface area contributed by atoms with Gasteiger partial charge in [0, 0.05) is 36.4 Å². The van der Waals surface area contributed by atoms with Gasteiger partial charge in [-0.05, 0) is 87.0 Å².